The molecule has 0 atom stereocenters. The molecule has 0 N–H and O–H groups in total. The van der Waals surface area contributed by atoms with Gasteiger partial charge in [-0.05, 0) is 84.9 Å². The van der Waals surface area contributed by atoms with Crippen LogP contribution in [-0.4, -0.2) is 44.1 Å². The zero-order valence-corrected chi connectivity index (χ0v) is 31.0. The summed E-state index contributed by atoms with van der Waals surface area (Å²) < 4.78 is 27.3. The summed E-state index contributed by atoms with van der Waals surface area (Å²) in [5, 5.41) is 22.8. The third-order valence-electron chi connectivity index (χ3n) is 10.8. The van der Waals surface area contributed by atoms with Crippen LogP contribution in [0.3, 0.4) is 0 Å². The van der Waals surface area contributed by atoms with Crippen molar-refractivity contribution in [3.63, 3.8) is 0 Å². The van der Waals surface area contributed by atoms with E-state index in [4.69, 9.17) is 10.8 Å². The van der Waals surface area contributed by atoms with Crippen LogP contribution in [0.1, 0.15) is 1.37 Å². The fraction of sp³-hybridized carbons (Fsp3) is 0. The molecule has 11 heteroatoms. The van der Waals surface area contributed by atoms with Crippen molar-refractivity contribution in [2.24, 2.45) is 0 Å². The Morgan fingerprint density at radius 1 is 0.373 bits per heavy atom. The van der Waals surface area contributed by atoms with Crippen molar-refractivity contribution < 1.29 is 10.8 Å². The van der Waals surface area contributed by atoms with Gasteiger partial charge in [0, 0.05) is 69.0 Å². The summed E-state index contributed by atoms with van der Waals surface area (Å²) in [5.41, 5.74) is 5.62. The second kappa shape index (κ2) is 13.1. The summed E-state index contributed by atoms with van der Waals surface area (Å²) in [6.07, 6.45) is 3.33. The molecule has 0 unspecified atom stereocenters. The first kappa shape index (κ1) is 31.7. The number of rotatable bonds is 7. The van der Waals surface area contributed by atoms with Gasteiger partial charge in [0.2, 0.25) is 0 Å². The topological polar surface area (TPSA) is 111 Å². The molecule has 0 radical (unpaired) electrons. The molecule has 6 heterocycles. The predicted octanol–water partition coefficient (Wildman–Crippen LogP) is 10.9. The van der Waals surface area contributed by atoms with Crippen molar-refractivity contribution in [2.45, 2.75) is 0 Å². The Morgan fingerprint density at radius 3 is 1.15 bits per heavy atom. The molecule has 11 nitrogen and oxygen atoms in total. The van der Waals surface area contributed by atoms with Crippen molar-refractivity contribution >= 4 is 65.4 Å². The molecule has 0 saturated heterocycles. The number of hydrogen-bond acceptors (Lipinski definition) is 8. The summed E-state index contributed by atoms with van der Waals surface area (Å²) >= 11 is 0. The molecule has 0 bridgehead atoms. The average molecular weight is 765 g/mol. The smallest absolute Gasteiger partial charge is 0.273 e. The van der Waals surface area contributed by atoms with E-state index in [9.17, 15) is 0 Å². The van der Waals surface area contributed by atoms with Crippen LogP contribution in [0.2, 0.25) is 0 Å². The van der Waals surface area contributed by atoms with E-state index in [-0.39, 0.29) is 12.3 Å². The fourth-order valence-corrected chi connectivity index (χ4v) is 8.35. The largest absolute Gasteiger partial charge is 0.457 e. The molecule has 6 aromatic heterocycles. The van der Waals surface area contributed by atoms with E-state index >= 15 is 0 Å². The van der Waals surface area contributed by atoms with Gasteiger partial charge in [-0.25, -0.2) is 9.97 Å². The van der Waals surface area contributed by atoms with Crippen LogP contribution < -0.4 is 9.47 Å². The van der Waals surface area contributed by atoms with E-state index in [1.54, 1.807) is 12.4 Å². The minimum atomic E-state index is -0.274. The maximum Gasteiger partial charge on any atom is 0.273 e. The Labute approximate surface area is 336 Å². The van der Waals surface area contributed by atoms with Crippen LogP contribution in [0.4, 0.5) is 0 Å². The number of hydrogen-bond donors (Lipinski definition) is 0. The lowest BCUT2D eigenvalue weighted by Crippen LogP contribution is -2.03. The standard InChI is InChI=1S/C48H29N9O2/c1-3-11-40-34(9-1)36-19-15-30(25-42(36)55(40)46-13-5-7-23-49-46)58-32-17-21-38-39-22-18-33(28-45(39)57(44(38)27-32)48-53-51-29-52-54-48)59-31-16-20-37-35-10-2-4-12-41(35)56(43(37)26-31)47-14-6-8-24-50-47/h1-29H/i29D. The molecule has 0 spiro atoms. The zero-order chi connectivity index (χ0) is 39.7. The second-order valence-electron chi connectivity index (χ2n) is 14.1. The number of benzene rings is 6. The van der Waals surface area contributed by atoms with Crippen molar-refractivity contribution in [3.8, 4) is 40.6 Å². The van der Waals surface area contributed by atoms with Crippen molar-refractivity contribution in [1.29, 1.82) is 0 Å². The van der Waals surface area contributed by atoms with Gasteiger partial charge >= 0.3 is 0 Å². The highest BCUT2D eigenvalue weighted by Crippen LogP contribution is 2.40. The lowest BCUT2D eigenvalue weighted by molar-refractivity contribution is 0.484. The van der Waals surface area contributed by atoms with Crippen molar-refractivity contribution in [2.75, 3.05) is 0 Å². The molecule has 6 aromatic carbocycles. The molecule has 0 saturated carbocycles. The Balaban J connectivity index is 0.961. The maximum atomic E-state index is 7.88. The van der Waals surface area contributed by atoms with Gasteiger partial charge in [0.15, 0.2) is 6.30 Å². The summed E-state index contributed by atoms with van der Waals surface area (Å²) in [4.78, 5) is 9.34. The summed E-state index contributed by atoms with van der Waals surface area (Å²) in [5.74, 6) is 4.40. The molecule has 0 fully saturated rings. The van der Waals surface area contributed by atoms with Gasteiger partial charge in [-0.15, -0.1) is 20.4 Å². The third kappa shape index (κ3) is 5.29. The molecule has 0 aliphatic heterocycles. The zero-order valence-electron chi connectivity index (χ0n) is 32.0. The summed E-state index contributed by atoms with van der Waals surface area (Å²) in [6, 6.07) is 52.6. The Bertz CT molecular complexity index is 3410. The molecular weight excluding hydrogens is 735 g/mol. The van der Waals surface area contributed by atoms with E-state index in [1.807, 2.05) is 126 Å². The molecule has 278 valence electrons. The monoisotopic (exact) mass is 764 g/mol. The van der Waals surface area contributed by atoms with Gasteiger partial charge in [-0.3, -0.25) is 13.7 Å². The molecule has 59 heavy (non-hydrogen) atoms. The number of nitrogens with zero attached hydrogens (tertiary/aromatic N) is 9. The first-order valence-electron chi connectivity index (χ1n) is 19.5. The Morgan fingerprint density at radius 2 is 0.746 bits per heavy atom. The van der Waals surface area contributed by atoms with Gasteiger partial charge in [0.25, 0.3) is 5.95 Å². The molecular formula is C48H29N9O2. The van der Waals surface area contributed by atoms with Crippen LogP contribution >= 0.6 is 0 Å². The minimum Gasteiger partial charge on any atom is -0.457 e. The first-order valence-corrected chi connectivity index (χ1v) is 19.0. The van der Waals surface area contributed by atoms with E-state index < -0.39 is 0 Å². The predicted molar refractivity (Wildman–Crippen MR) is 229 cm³/mol. The lowest BCUT2D eigenvalue weighted by atomic mass is 10.1. The number of para-hydroxylation sites is 2. The second-order valence-corrected chi connectivity index (χ2v) is 14.1. The molecule has 12 aromatic rings. The van der Waals surface area contributed by atoms with E-state index in [1.165, 1.54) is 0 Å². The molecule has 0 aliphatic rings. The number of ether oxygens (including phenoxy) is 2. The summed E-state index contributed by atoms with van der Waals surface area (Å²) in [7, 11) is 0. The van der Waals surface area contributed by atoms with Gasteiger partial charge in [-0.2, -0.15) is 0 Å². The van der Waals surface area contributed by atoms with Crippen LogP contribution in [0.25, 0.3) is 83.0 Å². The normalized spacial score (nSPS) is 12.0. The minimum absolute atomic E-state index is 0.211. The van der Waals surface area contributed by atoms with E-state index in [0.717, 1.165) is 77.1 Å². The van der Waals surface area contributed by atoms with Crippen LogP contribution in [0.5, 0.6) is 23.0 Å². The average Bonchev–Trinajstić information content (AvgIpc) is 3.92. The Hall–Kier alpha value is -8.44. The Kier molecular flexibility index (Phi) is 7.03. The van der Waals surface area contributed by atoms with Gasteiger partial charge in [-0.1, -0.05) is 48.5 Å². The first-order chi connectivity index (χ1) is 29.6. The SMILES string of the molecule is [2H]c1nnc(-n2c3cc(Oc4ccc5c6ccccc6n(-c6ccccn6)c5c4)ccc3c3ccc(Oc4ccc5c6ccccc6n(-c6ccccn6)c5c4)cc32)nn1. The van der Waals surface area contributed by atoms with Gasteiger partial charge < -0.3 is 9.47 Å². The molecule has 0 aliphatic carbocycles. The van der Waals surface area contributed by atoms with Gasteiger partial charge in [0.1, 0.15) is 36.0 Å². The highest BCUT2D eigenvalue weighted by molar-refractivity contribution is 6.11. The quantitative estimate of drug-likeness (QED) is 0.158. The third-order valence-corrected chi connectivity index (χ3v) is 10.8. The van der Waals surface area contributed by atoms with Crippen molar-refractivity contribution in [3.05, 3.63) is 176 Å². The number of pyridine rings is 2. The highest BCUT2D eigenvalue weighted by atomic mass is 16.5. The highest BCUT2D eigenvalue weighted by Gasteiger charge is 2.19. The lowest BCUT2D eigenvalue weighted by Gasteiger charge is -2.10. The van der Waals surface area contributed by atoms with Crippen LogP contribution in [-0.2, 0) is 0 Å². The summed E-state index contributed by atoms with van der Waals surface area (Å²) in [6.45, 7) is 0. The molecule has 12 rings (SSSR count). The van der Waals surface area contributed by atoms with E-state index in [2.05, 4.69) is 75.9 Å². The van der Waals surface area contributed by atoms with Crippen molar-refractivity contribution in [1.82, 2.24) is 44.1 Å². The number of fused-ring (bicyclic) bond motifs is 9. The van der Waals surface area contributed by atoms with Crippen LogP contribution in [0, 0.1) is 0 Å². The maximum absolute atomic E-state index is 7.88. The van der Waals surface area contributed by atoms with Gasteiger partial charge in [0.05, 0.1) is 33.1 Å². The van der Waals surface area contributed by atoms with E-state index in [0.29, 0.717) is 23.0 Å². The fourth-order valence-electron chi connectivity index (χ4n) is 8.35. The van der Waals surface area contributed by atoms with Crippen LogP contribution in [0.15, 0.2) is 176 Å². The number of aromatic nitrogens is 9. The molecule has 0 amide bonds.